The third kappa shape index (κ3) is 4.88. The van der Waals surface area contributed by atoms with Gasteiger partial charge in [-0.2, -0.15) is 0 Å². The van der Waals surface area contributed by atoms with Gasteiger partial charge in [-0.25, -0.2) is 4.39 Å². The summed E-state index contributed by atoms with van der Waals surface area (Å²) in [5, 5.41) is 13.4. The van der Waals surface area contributed by atoms with Crippen molar-refractivity contribution < 1.29 is 9.50 Å². The number of piperazine rings is 1. The number of anilines is 1. The topological polar surface area (TPSA) is 61.5 Å². The maximum absolute atomic E-state index is 13.6. The summed E-state index contributed by atoms with van der Waals surface area (Å²) in [4.78, 5) is 2.29. The summed E-state index contributed by atoms with van der Waals surface area (Å²) in [6.07, 6.45) is 1.86. The molecule has 0 amide bonds. The van der Waals surface area contributed by atoms with Gasteiger partial charge in [0.05, 0.1) is 5.69 Å². The van der Waals surface area contributed by atoms with Gasteiger partial charge in [0.25, 0.3) is 0 Å². The lowest BCUT2D eigenvalue weighted by molar-refractivity contribution is 0.162. The molecule has 0 unspecified atom stereocenters. The lowest BCUT2D eigenvalue weighted by Gasteiger charge is -2.35. The molecule has 0 radical (unpaired) electrons. The molecule has 0 bridgehead atoms. The van der Waals surface area contributed by atoms with Crippen LogP contribution in [0.4, 0.5) is 10.1 Å². The molecule has 2 rings (SSSR count). The van der Waals surface area contributed by atoms with E-state index in [0.29, 0.717) is 5.56 Å². The van der Waals surface area contributed by atoms with Crippen molar-refractivity contribution >= 4 is 30.5 Å². The second-order valence-electron chi connectivity index (χ2n) is 5.02. The summed E-state index contributed by atoms with van der Waals surface area (Å²) in [7, 11) is 0. The van der Waals surface area contributed by atoms with Gasteiger partial charge in [0.15, 0.2) is 0 Å². The Morgan fingerprint density at radius 2 is 1.95 bits per heavy atom. The summed E-state index contributed by atoms with van der Waals surface area (Å²) in [5.41, 5.74) is 6.39. The smallest absolute Gasteiger partial charge is 0.143 e. The van der Waals surface area contributed by atoms with Crippen molar-refractivity contribution in [2.75, 3.05) is 31.9 Å². The summed E-state index contributed by atoms with van der Waals surface area (Å²) in [6.45, 7) is 5.74. The molecule has 7 heteroatoms. The van der Waals surface area contributed by atoms with Crippen molar-refractivity contribution in [1.82, 2.24) is 10.2 Å². The number of nitrogens with zero attached hydrogens (tertiary/aromatic N) is 1. The highest BCUT2D eigenvalue weighted by Gasteiger charge is 2.25. The van der Waals surface area contributed by atoms with Gasteiger partial charge in [0.1, 0.15) is 11.6 Å². The monoisotopic (exact) mass is 339 g/mol. The molecule has 1 aliphatic heterocycles. The minimum atomic E-state index is -0.387. The Bertz CT molecular complexity index is 442. The predicted molar refractivity (Wildman–Crippen MR) is 89.1 cm³/mol. The number of halogens is 3. The number of nitrogens with one attached hydrogen (secondary N) is 1. The largest absolute Gasteiger partial charge is 0.505 e. The SMILES string of the molecule is CCC[C@@H](c1cc(F)cc(N)c1O)N1CCNCC1.Cl.Cl. The molecule has 1 saturated heterocycles. The fourth-order valence-electron chi connectivity index (χ4n) is 2.70. The maximum Gasteiger partial charge on any atom is 0.143 e. The zero-order valence-corrected chi connectivity index (χ0v) is 13.8. The van der Waals surface area contributed by atoms with Gasteiger partial charge in [-0.15, -0.1) is 24.8 Å². The van der Waals surface area contributed by atoms with Crippen LogP contribution >= 0.6 is 24.8 Å². The molecular formula is C14H24Cl2FN3O. The molecular weight excluding hydrogens is 316 g/mol. The van der Waals surface area contributed by atoms with Crippen LogP contribution < -0.4 is 11.1 Å². The fourth-order valence-corrected chi connectivity index (χ4v) is 2.70. The number of nitrogen functional groups attached to an aromatic ring is 1. The Morgan fingerprint density at radius 3 is 2.52 bits per heavy atom. The van der Waals surface area contributed by atoms with E-state index in [1.54, 1.807) is 0 Å². The Labute approximate surface area is 137 Å². The minimum Gasteiger partial charge on any atom is -0.505 e. The number of phenolic OH excluding ortho intramolecular Hbond substituents is 1. The van der Waals surface area contributed by atoms with Crippen LogP contribution in [0, 0.1) is 5.82 Å². The number of benzene rings is 1. The summed E-state index contributed by atoms with van der Waals surface area (Å²) in [6, 6.07) is 2.61. The average Bonchev–Trinajstić information content (AvgIpc) is 2.41. The molecule has 1 atom stereocenters. The number of hydrogen-bond acceptors (Lipinski definition) is 4. The van der Waals surface area contributed by atoms with E-state index in [9.17, 15) is 9.50 Å². The van der Waals surface area contributed by atoms with Crippen LogP contribution in [-0.4, -0.2) is 36.2 Å². The van der Waals surface area contributed by atoms with Crippen molar-refractivity contribution in [2.45, 2.75) is 25.8 Å². The molecule has 4 nitrogen and oxygen atoms in total. The first-order valence-corrected chi connectivity index (χ1v) is 6.86. The first-order valence-electron chi connectivity index (χ1n) is 6.86. The van der Waals surface area contributed by atoms with Crippen LogP contribution in [0.3, 0.4) is 0 Å². The fraction of sp³-hybridized carbons (Fsp3) is 0.571. The molecule has 1 aliphatic rings. The van der Waals surface area contributed by atoms with Crippen molar-refractivity contribution in [3.63, 3.8) is 0 Å². The number of phenols is 1. The van der Waals surface area contributed by atoms with E-state index in [-0.39, 0.29) is 48.1 Å². The summed E-state index contributed by atoms with van der Waals surface area (Å²) in [5.74, 6) is -0.361. The highest BCUT2D eigenvalue weighted by Crippen LogP contribution is 2.36. The van der Waals surface area contributed by atoms with Gasteiger partial charge in [-0.1, -0.05) is 13.3 Å². The molecule has 0 aromatic heterocycles. The van der Waals surface area contributed by atoms with E-state index in [1.165, 1.54) is 12.1 Å². The molecule has 0 spiro atoms. The van der Waals surface area contributed by atoms with Gasteiger partial charge < -0.3 is 16.2 Å². The Kier molecular flexibility index (Phi) is 8.97. The number of hydrogen-bond donors (Lipinski definition) is 3. The molecule has 1 fully saturated rings. The lowest BCUT2D eigenvalue weighted by atomic mass is 9.98. The first-order chi connectivity index (χ1) is 9.13. The standard InChI is InChI=1S/C14H22FN3O.2ClH/c1-2-3-13(18-6-4-17-5-7-18)11-8-10(15)9-12(16)14(11)19;;/h8-9,13,17,19H,2-7,16H2,1H3;2*1H/t13-;;/m0../s1. The van der Waals surface area contributed by atoms with Gasteiger partial charge in [-0.3, -0.25) is 4.90 Å². The van der Waals surface area contributed by atoms with Gasteiger partial charge in [0.2, 0.25) is 0 Å². The van der Waals surface area contributed by atoms with E-state index < -0.39 is 0 Å². The van der Waals surface area contributed by atoms with E-state index in [0.717, 1.165) is 39.0 Å². The second-order valence-corrected chi connectivity index (χ2v) is 5.02. The zero-order chi connectivity index (χ0) is 13.8. The molecule has 0 aliphatic carbocycles. The second kappa shape index (κ2) is 9.30. The molecule has 0 saturated carbocycles. The average molecular weight is 340 g/mol. The van der Waals surface area contributed by atoms with Crippen molar-refractivity contribution in [3.05, 3.63) is 23.5 Å². The third-order valence-corrected chi connectivity index (χ3v) is 3.65. The van der Waals surface area contributed by atoms with Gasteiger partial charge in [-0.05, 0) is 12.5 Å². The summed E-state index contributed by atoms with van der Waals surface area (Å²) >= 11 is 0. The van der Waals surface area contributed by atoms with Crippen molar-refractivity contribution in [2.24, 2.45) is 0 Å². The molecule has 4 N–H and O–H groups in total. The number of rotatable bonds is 4. The normalized spacial score (nSPS) is 16.7. The first kappa shape index (κ1) is 20.2. The molecule has 122 valence electrons. The van der Waals surface area contributed by atoms with Crippen LogP contribution in [0.2, 0.25) is 0 Å². The van der Waals surface area contributed by atoms with Crippen molar-refractivity contribution in [3.8, 4) is 5.75 Å². The molecule has 21 heavy (non-hydrogen) atoms. The van der Waals surface area contributed by atoms with Crippen LogP contribution in [0.1, 0.15) is 31.4 Å². The van der Waals surface area contributed by atoms with Crippen molar-refractivity contribution in [1.29, 1.82) is 0 Å². The quantitative estimate of drug-likeness (QED) is 0.583. The number of nitrogens with two attached hydrogens (primary N) is 1. The Morgan fingerprint density at radius 1 is 1.33 bits per heavy atom. The summed E-state index contributed by atoms with van der Waals surface area (Å²) < 4.78 is 13.6. The van der Waals surface area contributed by atoms with Crippen LogP contribution in [-0.2, 0) is 0 Å². The zero-order valence-electron chi connectivity index (χ0n) is 12.1. The lowest BCUT2D eigenvalue weighted by Crippen LogP contribution is -2.45. The molecule has 1 heterocycles. The van der Waals surface area contributed by atoms with E-state index in [4.69, 9.17) is 5.73 Å². The molecule has 1 aromatic carbocycles. The maximum atomic E-state index is 13.6. The third-order valence-electron chi connectivity index (χ3n) is 3.65. The van der Waals surface area contributed by atoms with E-state index >= 15 is 0 Å². The van der Waals surface area contributed by atoms with Crippen LogP contribution in [0.25, 0.3) is 0 Å². The van der Waals surface area contributed by atoms with E-state index in [2.05, 4.69) is 17.1 Å². The Hall–Kier alpha value is -0.750. The number of aromatic hydroxyl groups is 1. The predicted octanol–water partition coefficient (Wildman–Crippen LogP) is 2.70. The van der Waals surface area contributed by atoms with E-state index in [1.807, 2.05) is 0 Å². The Balaban J connectivity index is 0.00000200. The highest BCUT2D eigenvalue weighted by atomic mass is 35.5. The molecule has 1 aromatic rings. The van der Waals surface area contributed by atoms with Crippen LogP contribution in [0.5, 0.6) is 5.75 Å². The minimum absolute atomic E-state index is 0. The van der Waals surface area contributed by atoms with Gasteiger partial charge >= 0.3 is 0 Å². The van der Waals surface area contributed by atoms with Gasteiger partial charge in [0, 0.05) is 43.9 Å². The highest BCUT2D eigenvalue weighted by molar-refractivity contribution is 5.85. The van der Waals surface area contributed by atoms with Crippen LogP contribution in [0.15, 0.2) is 12.1 Å².